The van der Waals surface area contributed by atoms with Crippen LogP contribution >= 0.6 is 0 Å². The van der Waals surface area contributed by atoms with Crippen LogP contribution in [0.5, 0.6) is 0 Å². The van der Waals surface area contributed by atoms with Gasteiger partial charge in [0.15, 0.2) is 5.76 Å². The second-order valence-electron chi connectivity index (χ2n) is 5.75. The van der Waals surface area contributed by atoms with Crippen LogP contribution in [0.1, 0.15) is 30.3 Å². The Kier molecular flexibility index (Phi) is 3.69. The second-order valence-corrected chi connectivity index (χ2v) is 5.75. The van der Waals surface area contributed by atoms with Crippen molar-refractivity contribution < 1.29 is 9.21 Å². The van der Waals surface area contributed by atoms with Gasteiger partial charge in [-0.15, -0.1) is 0 Å². The highest BCUT2D eigenvalue weighted by atomic mass is 16.4. The lowest BCUT2D eigenvalue weighted by Gasteiger charge is -2.30. The molecule has 1 fully saturated rings. The van der Waals surface area contributed by atoms with Crippen molar-refractivity contribution in [3.63, 3.8) is 0 Å². The molecule has 1 amide bonds. The summed E-state index contributed by atoms with van der Waals surface area (Å²) in [7, 11) is 0. The van der Waals surface area contributed by atoms with Gasteiger partial charge in [0, 0.05) is 24.3 Å². The number of likely N-dealkylation sites (tertiary alicyclic amines) is 1. The van der Waals surface area contributed by atoms with Gasteiger partial charge >= 0.3 is 0 Å². The van der Waals surface area contributed by atoms with Crippen LogP contribution in [0, 0.1) is 5.92 Å². The average molecular weight is 284 g/mol. The van der Waals surface area contributed by atoms with Crippen molar-refractivity contribution in [1.29, 1.82) is 0 Å². The van der Waals surface area contributed by atoms with E-state index < -0.39 is 0 Å². The first-order valence-electron chi connectivity index (χ1n) is 7.39. The number of nitrogens with zero attached hydrogens (tertiary/aromatic N) is 1. The fourth-order valence-corrected chi connectivity index (χ4v) is 2.85. The zero-order valence-electron chi connectivity index (χ0n) is 12.2. The molecule has 0 spiro atoms. The smallest absolute Gasteiger partial charge is 0.289 e. The van der Waals surface area contributed by atoms with Crippen LogP contribution in [-0.4, -0.2) is 23.9 Å². The molecule has 1 aromatic heterocycles. The minimum absolute atomic E-state index is 0.0256. The van der Waals surface area contributed by atoms with E-state index in [-0.39, 0.29) is 5.91 Å². The first-order valence-corrected chi connectivity index (χ1v) is 7.39. The van der Waals surface area contributed by atoms with Crippen LogP contribution in [0.4, 0.5) is 5.69 Å². The fourth-order valence-electron chi connectivity index (χ4n) is 2.85. The van der Waals surface area contributed by atoms with Gasteiger partial charge in [-0.1, -0.05) is 19.1 Å². The molecular formula is C17H20N2O2. The molecule has 0 bridgehead atoms. The maximum atomic E-state index is 12.5. The highest BCUT2D eigenvalue weighted by molar-refractivity contribution is 5.92. The number of hydrogen-bond acceptors (Lipinski definition) is 3. The molecular weight excluding hydrogens is 264 g/mol. The van der Waals surface area contributed by atoms with Gasteiger partial charge in [0.05, 0.1) is 0 Å². The van der Waals surface area contributed by atoms with Crippen LogP contribution in [0.25, 0.3) is 11.3 Å². The van der Waals surface area contributed by atoms with Crippen LogP contribution in [-0.2, 0) is 0 Å². The number of carbonyl (C=O) groups excluding carboxylic acids is 1. The number of para-hydroxylation sites is 1. The van der Waals surface area contributed by atoms with E-state index in [0.29, 0.717) is 23.1 Å². The van der Waals surface area contributed by atoms with E-state index in [1.54, 1.807) is 6.07 Å². The van der Waals surface area contributed by atoms with Crippen molar-refractivity contribution in [2.24, 2.45) is 5.92 Å². The molecule has 1 aliphatic rings. The summed E-state index contributed by atoms with van der Waals surface area (Å²) in [4.78, 5) is 14.4. The number of furan rings is 1. The number of benzene rings is 1. The normalized spacial score (nSPS) is 18.7. The quantitative estimate of drug-likeness (QED) is 0.860. The standard InChI is InChI=1S/C17H20N2O2/c1-12-5-4-10-19(11-12)17(20)16-9-8-15(21-16)13-6-2-3-7-14(13)18/h2-3,6-9,12H,4-5,10-11,18H2,1H3. The Morgan fingerprint density at radius 1 is 1.29 bits per heavy atom. The Balaban J connectivity index is 1.82. The van der Waals surface area contributed by atoms with Gasteiger partial charge in [-0.05, 0) is 43.0 Å². The lowest BCUT2D eigenvalue weighted by atomic mass is 10.0. The number of amides is 1. The number of piperidine rings is 1. The number of anilines is 1. The Labute approximate surface area is 124 Å². The summed E-state index contributed by atoms with van der Waals surface area (Å²) in [5.41, 5.74) is 7.42. The number of carbonyl (C=O) groups is 1. The Hall–Kier alpha value is -2.23. The third-order valence-electron chi connectivity index (χ3n) is 3.99. The maximum Gasteiger partial charge on any atom is 0.289 e. The highest BCUT2D eigenvalue weighted by Crippen LogP contribution is 2.28. The van der Waals surface area contributed by atoms with Crippen molar-refractivity contribution >= 4 is 11.6 Å². The van der Waals surface area contributed by atoms with E-state index in [4.69, 9.17) is 10.2 Å². The molecule has 0 aliphatic carbocycles. The van der Waals surface area contributed by atoms with E-state index in [0.717, 1.165) is 25.1 Å². The molecule has 1 unspecified atom stereocenters. The molecule has 2 heterocycles. The van der Waals surface area contributed by atoms with Crippen LogP contribution < -0.4 is 5.73 Å². The molecule has 1 atom stereocenters. The molecule has 4 nitrogen and oxygen atoms in total. The van der Waals surface area contributed by atoms with Crippen molar-refractivity contribution in [2.45, 2.75) is 19.8 Å². The summed E-state index contributed by atoms with van der Waals surface area (Å²) in [5.74, 6) is 1.56. The van der Waals surface area contributed by atoms with Crippen molar-refractivity contribution in [1.82, 2.24) is 4.90 Å². The molecule has 3 rings (SSSR count). The molecule has 2 aromatic rings. The minimum atomic E-state index is -0.0256. The number of nitrogen functional groups attached to an aromatic ring is 1. The summed E-state index contributed by atoms with van der Waals surface area (Å²) >= 11 is 0. The van der Waals surface area contributed by atoms with Crippen molar-refractivity contribution in [3.05, 3.63) is 42.2 Å². The van der Waals surface area contributed by atoms with Crippen LogP contribution in [0.2, 0.25) is 0 Å². The predicted octanol–water partition coefficient (Wildman–Crippen LogP) is 3.40. The lowest BCUT2D eigenvalue weighted by molar-refractivity contribution is 0.0652. The van der Waals surface area contributed by atoms with E-state index >= 15 is 0 Å². The molecule has 1 aromatic carbocycles. The number of hydrogen-bond donors (Lipinski definition) is 1. The second kappa shape index (κ2) is 5.64. The molecule has 0 radical (unpaired) electrons. The third kappa shape index (κ3) is 2.79. The van der Waals surface area contributed by atoms with E-state index in [1.165, 1.54) is 6.42 Å². The Bertz CT molecular complexity index is 648. The number of nitrogens with two attached hydrogens (primary N) is 1. The molecule has 21 heavy (non-hydrogen) atoms. The summed E-state index contributed by atoms with van der Waals surface area (Å²) < 4.78 is 5.73. The predicted molar refractivity (Wildman–Crippen MR) is 82.9 cm³/mol. The SMILES string of the molecule is CC1CCCN(C(=O)c2ccc(-c3ccccc3N)o2)C1. The summed E-state index contributed by atoms with van der Waals surface area (Å²) in [6.07, 6.45) is 2.25. The van der Waals surface area contributed by atoms with Gasteiger partial charge < -0.3 is 15.1 Å². The molecule has 2 N–H and O–H groups in total. The first kappa shape index (κ1) is 13.7. The Morgan fingerprint density at radius 2 is 2.10 bits per heavy atom. The monoisotopic (exact) mass is 284 g/mol. The van der Waals surface area contributed by atoms with Crippen molar-refractivity contribution in [3.8, 4) is 11.3 Å². The van der Waals surface area contributed by atoms with Gasteiger partial charge in [-0.3, -0.25) is 4.79 Å². The maximum absolute atomic E-state index is 12.5. The minimum Gasteiger partial charge on any atom is -0.451 e. The highest BCUT2D eigenvalue weighted by Gasteiger charge is 2.24. The molecule has 0 saturated carbocycles. The van der Waals surface area contributed by atoms with E-state index in [1.807, 2.05) is 35.2 Å². The first-order chi connectivity index (χ1) is 10.1. The molecule has 1 saturated heterocycles. The third-order valence-corrected chi connectivity index (χ3v) is 3.99. The average Bonchev–Trinajstić information content (AvgIpc) is 2.96. The lowest BCUT2D eigenvalue weighted by Crippen LogP contribution is -2.38. The van der Waals surface area contributed by atoms with Gasteiger partial charge in [-0.25, -0.2) is 0 Å². The number of rotatable bonds is 2. The molecule has 1 aliphatic heterocycles. The van der Waals surface area contributed by atoms with Crippen molar-refractivity contribution in [2.75, 3.05) is 18.8 Å². The fraction of sp³-hybridized carbons (Fsp3) is 0.353. The van der Waals surface area contributed by atoms with Gasteiger partial charge in [0.1, 0.15) is 5.76 Å². The summed E-state index contributed by atoms with van der Waals surface area (Å²) in [6, 6.07) is 11.1. The van der Waals surface area contributed by atoms with Crippen LogP contribution in [0.15, 0.2) is 40.8 Å². The van der Waals surface area contributed by atoms with Crippen LogP contribution in [0.3, 0.4) is 0 Å². The zero-order valence-corrected chi connectivity index (χ0v) is 12.2. The molecule has 110 valence electrons. The Morgan fingerprint density at radius 3 is 2.86 bits per heavy atom. The molecule has 4 heteroatoms. The largest absolute Gasteiger partial charge is 0.451 e. The van der Waals surface area contributed by atoms with Gasteiger partial charge in [0.25, 0.3) is 5.91 Å². The van der Waals surface area contributed by atoms with E-state index in [2.05, 4.69) is 6.92 Å². The summed E-state index contributed by atoms with van der Waals surface area (Å²) in [6.45, 7) is 3.80. The van der Waals surface area contributed by atoms with Gasteiger partial charge in [-0.2, -0.15) is 0 Å². The topological polar surface area (TPSA) is 59.5 Å². The summed E-state index contributed by atoms with van der Waals surface area (Å²) in [5, 5.41) is 0. The zero-order chi connectivity index (χ0) is 14.8. The van der Waals surface area contributed by atoms with Gasteiger partial charge in [0.2, 0.25) is 0 Å². The van der Waals surface area contributed by atoms with E-state index in [9.17, 15) is 4.79 Å².